The van der Waals surface area contributed by atoms with E-state index in [9.17, 15) is 4.79 Å². The Morgan fingerprint density at radius 1 is 1.00 bits per heavy atom. The highest BCUT2D eigenvalue weighted by Gasteiger charge is 2.55. The van der Waals surface area contributed by atoms with E-state index >= 15 is 0 Å². The summed E-state index contributed by atoms with van der Waals surface area (Å²) in [5.41, 5.74) is 3.90. The molecule has 1 aliphatic carbocycles. The highest BCUT2D eigenvalue weighted by atomic mass is 16.1. The number of fused-ring (bicyclic) bond motifs is 5. The predicted octanol–water partition coefficient (Wildman–Crippen LogP) is 4.33. The van der Waals surface area contributed by atoms with Gasteiger partial charge in [0.1, 0.15) is 0 Å². The lowest BCUT2D eigenvalue weighted by Crippen LogP contribution is -2.42. The first-order valence-electron chi connectivity index (χ1n) is 8.13. The van der Waals surface area contributed by atoms with Gasteiger partial charge in [0.05, 0.1) is 5.41 Å². The number of Topliss-reactive ketones (excluding diaryl/α,β-unsaturated/α-hetero) is 1. The lowest BCUT2D eigenvalue weighted by atomic mass is 9.74. The summed E-state index contributed by atoms with van der Waals surface area (Å²) in [5.74, 6) is 0.267. The third-order valence-corrected chi connectivity index (χ3v) is 5.66. The first-order valence-corrected chi connectivity index (χ1v) is 8.13. The topological polar surface area (TPSA) is 29.1 Å². The van der Waals surface area contributed by atoms with Crippen LogP contribution in [-0.4, -0.2) is 11.8 Å². The molecule has 2 nitrogen and oxygen atoms in total. The molecule has 1 spiro atoms. The second-order valence-corrected chi connectivity index (χ2v) is 6.70. The second-order valence-electron chi connectivity index (χ2n) is 6.70. The third-order valence-electron chi connectivity index (χ3n) is 5.66. The Morgan fingerprint density at radius 2 is 1.78 bits per heavy atom. The molecule has 1 aliphatic heterocycles. The molecule has 0 amide bonds. The Bertz CT molecular complexity index is 974. The number of para-hydroxylation sites is 1. The molecule has 1 N–H and O–H groups in total. The number of hydrogen-bond donors (Lipinski definition) is 1. The fourth-order valence-corrected chi connectivity index (χ4v) is 4.49. The van der Waals surface area contributed by atoms with Crippen LogP contribution in [0.25, 0.3) is 10.8 Å². The lowest BCUT2D eigenvalue weighted by molar-refractivity contribution is 0.0896. The Labute approximate surface area is 135 Å². The minimum atomic E-state index is -0.455. The van der Waals surface area contributed by atoms with Gasteiger partial charge < -0.3 is 5.32 Å². The largest absolute Gasteiger partial charge is 0.381 e. The van der Waals surface area contributed by atoms with Crippen molar-refractivity contribution in [3.05, 3.63) is 77.4 Å². The van der Waals surface area contributed by atoms with Gasteiger partial charge in [0.2, 0.25) is 0 Å². The molecule has 0 radical (unpaired) electrons. The van der Waals surface area contributed by atoms with E-state index in [1.165, 1.54) is 16.3 Å². The van der Waals surface area contributed by atoms with E-state index in [0.717, 1.165) is 23.2 Å². The van der Waals surface area contributed by atoms with Crippen molar-refractivity contribution in [1.29, 1.82) is 0 Å². The molecular formula is C21H17NO. The third kappa shape index (κ3) is 1.46. The highest BCUT2D eigenvalue weighted by Crippen LogP contribution is 2.50. The Morgan fingerprint density at radius 3 is 2.70 bits per heavy atom. The molecule has 2 aliphatic rings. The fraction of sp³-hybridized carbons (Fsp3) is 0.190. The predicted molar refractivity (Wildman–Crippen MR) is 93.2 cm³/mol. The van der Waals surface area contributed by atoms with Gasteiger partial charge >= 0.3 is 0 Å². The van der Waals surface area contributed by atoms with Crippen LogP contribution in [0.5, 0.6) is 0 Å². The number of carbonyl (C=O) groups excluding carboxylic acids is 1. The van der Waals surface area contributed by atoms with E-state index in [0.29, 0.717) is 0 Å². The number of benzene rings is 3. The van der Waals surface area contributed by atoms with Gasteiger partial charge in [-0.05, 0) is 41.3 Å². The van der Waals surface area contributed by atoms with Crippen molar-refractivity contribution in [3.8, 4) is 0 Å². The molecule has 0 aromatic heterocycles. The summed E-state index contributed by atoms with van der Waals surface area (Å²) in [6.07, 6.45) is 0.785. The van der Waals surface area contributed by atoms with Crippen LogP contribution in [0.15, 0.2) is 60.7 Å². The van der Waals surface area contributed by atoms with Crippen LogP contribution in [0.1, 0.15) is 28.4 Å². The average Bonchev–Trinajstić information content (AvgIpc) is 3.04. The van der Waals surface area contributed by atoms with E-state index in [2.05, 4.69) is 54.7 Å². The monoisotopic (exact) mass is 299 g/mol. The molecule has 0 unspecified atom stereocenters. The van der Waals surface area contributed by atoms with E-state index in [1.807, 2.05) is 18.2 Å². The summed E-state index contributed by atoms with van der Waals surface area (Å²) in [4.78, 5) is 13.4. The zero-order chi connectivity index (χ0) is 15.6. The minimum absolute atomic E-state index is 0.110. The molecule has 3 aromatic rings. The van der Waals surface area contributed by atoms with Crippen molar-refractivity contribution < 1.29 is 4.79 Å². The first-order chi connectivity index (χ1) is 11.2. The number of carbonyl (C=O) groups is 1. The molecule has 0 fully saturated rings. The summed E-state index contributed by atoms with van der Waals surface area (Å²) in [5, 5.41) is 5.95. The van der Waals surface area contributed by atoms with Gasteiger partial charge in [0.25, 0.3) is 0 Å². The summed E-state index contributed by atoms with van der Waals surface area (Å²) in [7, 11) is 0. The maximum Gasteiger partial charge on any atom is 0.176 e. The summed E-state index contributed by atoms with van der Waals surface area (Å²) in [6.45, 7) is 2.13. The summed E-state index contributed by atoms with van der Waals surface area (Å²) >= 11 is 0. The van der Waals surface area contributed by atoms with Crippen LogP contribution in [-0.2, 0) is 11.8 Å². The lowest BCUT2D eigenvalue weighted by Gasteiger charge is -2.27. The van der Waals surface area contributed by atoms with Crippen LogP contribution in [0, 0.1) is 0 Å². The molecule has 3 aromatic carbocycles. The first kappa shape index (κ1) is 12.9. The van der Waals surface area contributed by atoms with Crippen LogP contribution in [0.3, 0.4) is 0 Å². The molecule has 0 bridgehead atoms. The molecule has 2 atom stereocenters. The van der Waals surface area contributed by atoms with E-state index in [1.54, 1.807) is 0 Å². The molecule has 0 saturated heterocycles. The van der Waals surface area contributed by atoms with Crippen LogP contribution >= 0.6 is 0 Å². The van der Waals surface area contributed by atoms with Crippen LogP contribution in [0.2, 0.25) is 0 Å². The normalized spacial score (nSPS) is 24.7. The highest BCUT2D eigenvalue weighted by molar-refractivity contribution is 6.14. The van der Waals surface area contributed by atoms with Gasteiger partial charge in [-0.1, -0.05) is 54.6 Å². The van der Waals surface area contributed by atoms with Crippen molar-refractivity contribution in [2.75, 3.05) is 5.32 Å². The number of rotatable bonds is 0. The fourth-order valence-electron chi connectivity index (χ4n) is 4.49. The summed E-state index contributed by atoms with van der Waals surface area (Å²) < 4.78 is 0. The van der Waals surface area contributed by atoms with Gasteiger partial charge in [-0.25, -0.2) is 0 Å². The van der Waals surface area contributed by atoms with Gasteiger partial charge in [-0.2, -0.15) is 0 Å². The molecule has 2 heteroatoms. The molecule has 112 valence electrons. The summed E-state index contributed by atoms with van der Waals surface area (Å²) in [6, 6.07) is 20.8. The van der Waals surface area contributed by atoms with Gasteiger partial charge in [0, 0.05) is 17.3 Å². The quantitative estimate of drug-likeness (QED) is 0.669. The molecule has 1 heterocycles. The van der Waals surface area contributed by atoms with Gasteiger partial charge in [0.15, 0.2) is 5.78 Å². The van der Waals surface area contributed by atoms with Crippen molar-refractivity contribution >= 4 is 22.2 Å². The molecule has 23 heavy (non-hydrogen) atoms. The zero-order valence-electron chi connectivity index (χ0n) is 13.0. The number of anilines is 1. The Hall–Kier alpha value is -2.61. The second kappa shape index (κ2) is 4.23. The van der Waals surface area contributed by atoms with Crippen molar-refractivity contribution in [2.24, 2.45) is 0 Å². The Kier molecular flexibility index (Phi) is 2.37. The number of hydrogen-bond acceptors (Lipinski definition) is 2. The van der Waals surface area contributed by atoms with E-state index < -0.39 is 5.41 Å². The maximum atomic E-state index is 13.4. The number of ketones is 1. The smallest absolute Gasteiger partial charge is 0.176 e. The minimum Gasteiger partial charge on any atom is -0.381 e. The Balaban J connectivity index is 1.80. The standard InChI is InChI=1S/C21H17NO/c1-13-21(18-8-4-5-9-19(18)22-13)12-17-15-7-3-2-6-14(15)10-11-16(17)20(21)23/h2-11,13,22H,12H2,1H3/t13-,21+/m0/s1. The van der Waals surface area contributed by atoms with Crippen molar-refractivity contribution in [3.63, 3.8) is 0 Å². The van der Waals surface area contributed by atoms with Gasteiger partial charge in [-0.15, -0.1) is 0 Å². The van der Waals surface area contributed by atoms with E-state index in [4.69, 9.17) is 0 Å². The van der Waals surface area contributed by atoms with Crippen LogP contribution < -0.4 is 5.32 Å². The maximum absolute atomic E-state index is 13.4. The molecular weight excluding hydrogens is 282 g/mol. The van der Waals surface area contributed by atoms with Crippen molar-refractivity contribution in [2.45, 2.75) is 24.8 Å². The molecule has 5 rings (SSSR count). The zero-order valence-corrected chi connectivity index (χ0v) is 13.0. The number of nitrogens with one attached hydrogen (secondary N) is 1. The molecule has 0 saturated carbocycles. The van der Waals surface area contributed by atoms with E-state index in [-0.39, 0.29) is 11.8 Å². The van der Waals surface area contributed by atoms with Crippen molar-refractivity contribution in [1.82, 2.24) is 0 Å². The SMILES string of the molecule is C[C@@H]1Nc2ccccc2[C@@]12Cc1c(ccc3ccccc13)C2=O. The average molecular weight is 299 g/mol. The van der Waals surface area contributed by atoms with Crippen LogP contribution in [0.4, 0.5) is 5.69 Å². The van der Waals surface area contributed by atoms with Gasteiger partial charge in [-0.3, -0.25) is 4.79 Å².